The summed E-state index contributed by atoms with van der Waals surface area (Å²) in [6, 6.07) is -0.303. The van der Waals surface area contributed by atoms with Crippen LogP contribution in [0.25, 0.3) is 0 Å². The van der Waals surface area contributed by atoms with Crippen LogP contribution in [0.15, 0.2) is 0 Å². The van der Waals surface area contributed by atoms with E-state index in [9.17, 15) is 10.1 Å². The first-order valence-corrected chi connectivity index (χ1v) is 6.90. The fourth-order valence-corrected chi connectivity index (χ4v) is 2.91. The zero-order valence-electron chi connectivity index (χ0n) is 10.4. The Morgan fingerprint density at radius 1 is 0.824 bits per heavy atom. The van der Waals surface area contributed by atoms with Crippen molar-refractivity contribution in [1.29, 1.82) is 0 Å². The van der Waals surface area contributed by atoms with Gasteiger partial charge in [0.15, 0.2) is 0 Å². The van der Waals surface area contributed by atoms with Gasteiger partial charge in [-0.2, -0.15) is 0 Å². The Morgan fingerprint density at radius 3 is 1.88 bits per heavy atom. The maximum atomic E-state index is 10.6. The molecule has 2 rings (SSSR count). The largest absolute Gasteiger partial charge is 0.264 e. The molecule has 0 saturated heterocycles. The van der Waals surface area contributed by atoms with Crippen LogP contribution in [-0.2, 0) is 0 Å². The van der Waals surface area contributed by atoms with Crippen molar-refractivity contribution in [3.05, 3.63) is 10.1 Å². The lowest BCUT2D eigenvalue weighted by Crippen LogP contribution is -2.25. The van der Waals surface area contributed by atoms with E-state index in [1.807, 2.05) is 0 Å². The first-order chi connectivity index (χ1) is 8.25. The number of nitro groups is 1. The molecule has 2 aliphatic carbocycles. The van der Waals surface area contributed by atoms with Crippen molar-refractivity contribution < 1.29 is 4.92 Å². The van der Waals surface area contributed by atoms with Gasteiger partial charge < -0.3 is 0 Å². The zero-order chi connectivity index (χ0) is 12.1. The summed E-state index contributed by atoms with van der Waals surface area (Å²) in [5.41, 5.74) is 0. The van der Waals surface area contributed by atoms with E-state index < -0.39 is 0 Å². The zero-order valence-corrected chi connectivity index (χ0v) is 10.4. The smallest absolute Gasteiger partial charge is 0.213 e. The van der Waals surface area contributed by atoms with Crippen molar-refractivity contribution in [3.8, 4) is 11.8 Å². The summed E-state index contributed by atoms with van der Waals surface area (Å²) >= 11 is 0. The van der Waals surface area contributed by atoms with Crippen LogP contribution in [0.1, 0.15) is 57.8 Å². The minimum absolute atomic E-state index is 0.120. The number of hydrogen-bond donors (Lipinski definition) is 0. The molecule has 0 spiro atoms. The molecule has 0 heterocycles. The normalized spacial score (nSPS) is 30.4. The maximum Gasteiger partial charge on any atom is 0.213 e. The molecule has 0 radical (unpaired) electrons. The van der Waals surface area contributed by atoms with Gasteiger partial charge in [-0.15, -0.1) is 0 Å². The molecule has 0 bridgehead atoms. The van der Waals surface area contributed by atoms with Gasteiger partial charge in [-0.1, -0.05) is 31.1 Å². The first-order valence-electron chi connectivity index (χ1n) is 6.90. The summed E-state index contributed by atoms with van der Waals surface area (Å²) in [5, 5.41) is 10.6. The molecule has 17 heavy (non-hydrogen) atoms. The van der Waals surface area contributed by atoms with E-state index in [4.69, 9.17) is 0 Å². The lowest BCUT2D eigenvalue weighted by molar-refractivity contribution is -0.526. The Hall–Kier alpha value is -1.04. The van der Waals surface area contributed by atoms with Crippen LogP contribution in [0.2, 0.25) is 0 Å². The molecule has 0 aromatic rings. The molecule has 2 aliphatic rings. The van der Waals surface area contributed by atoms with Crippen molar-refractivity contribution in [2.45, 2.75) is 63.8 Å². The molecule has 3 heteroatoms. The van der Waals surface area contributed by atoms with Gasteiger partial charge in [-0.25, -0.2) is 0 Å². The topological polar surface area (TPSA) is 43.1 Å². The highest BCUT2D eigenvalue weighted by molar-refractivity contribution is 5.08. The molecule has 2 fully saturated rings. The third-order valence-corrected chi connectivity index (χ3v) is 4.09. The van der Waals surface area contributed by atoms with Gasteiger partial charge in [0.25, 0.3) is 0 Å². The quantitative estimate of drug-likeness (QED) is 0.397. The van der Waals surface area contributed by atoms with Gasteiger partial charge in [0.2, 0.25) is 6.04 Å². The Kier molecular flexibility index (Phi) is 4.42. The van der Waals surface area contributed by atoms with E-state index in [0.717, 1.165) is 25.7 Å². The van der Waals surface area contributed by atoms with Gasteiger partial charge in [-0.05, 0) is 25.7 Å². The lowest BCUT2D eigenvalue weighted by atomic mass is 9.85. The molecule has 94 valence electrons. The summed E-state index contributed by atoms with van der Waals surface area (Å²) in [5.74, 6) is 7.83. The summed E-state index contributed by atoms with van der Waals surface area (Å²) in [6.45, 7) is 0. The third kappa shape index (κ3) is 3.73. The number of nitrogens with zero attached hydrogens (tertiary/aromatic N) is 1. The average molecular weight is 235 g/mol. The third-order valence-electron chi connectivity index (χ3n) is 4.09. The molecule has 0 amide bonds. The summed E-state index contributed by atoms with van der Waals surface area (Å²) in [6.07, 6.45) is 9.83. The Bertz CT molecular complexity index is 315. The standard InChI is InChI=1S/C14H21NO2/c16-15(17)14-10-8-13(9-11-14)7-6-12-4-2-1-3-5-12/h12-14H,1-5,8-11H2. The van der Waals surface area contributed by atoms with Crippen LogP contribution in [0.5, 0.6) is 0 Å². The number of hydrogen-bond acceptors (Lipinski definition) is 2. The highest BCUT2D eigenvalue weighted by atomic mass is 16.6. The van der Waals surface area contributed by atoms with Crippen molar-refractivity contribution >= 4 is 0 Å². The van der Waals surface area contributed by atoms with E-state index in [1.54, 1.807) is 0 Å². The van der Waals surface area contributed by atoms with E-state index in [1.165, 1.54) is 32.1 Å². The monoisotopic (exact) mass is 235 g/mol. The second kappa shape index (κ2) is 6.05. The predicted molar refractivity (Wildman–Crippen MR) is 67.1 cm³/mol. The van der Waals surface area contributed by atoms with Crippen LogP contribution >= 0.6 is 0 Å². The van der Waals surface area contributed by atoms with Gasteiger partial charge >= 0.3 is 0 Å². The molecule has 0 N–H and O–H groups in total. The average Bonchev–Trinajstić information content (AvgIpc) is 2.38. The summed E-state index contributed by atoms with van der Waals surface area (Å²) in [7, 11) is 0. The van der Waals surface area contributed by atoms with E-state index in [-0.39, 0.29) is 11.0 Å². The van der Waals surface area contributed by atoms with E-state index >= 15 is 0 Å². The van der Waals surface area contributed by atoms with Crippen LogP contribution in [0.3, 0.4) is 0 Å². The Balaban J connectivity index is 1.77. The van der Waals surface area contributed by atoms with E-state index in [2.05, 4.69) is 11.8 Å². The SMILES string of the molecule is O=[N+]([O-])C1CCC(C#CC2CCCCC2)CC1. The van der Waals surface area contributed by atoms with Gasteiger partial charge in [-0.3, -0.25) is 10.1 Å². The minimum Gasteiger partial charge on any atom is -0.264 e. The molecule has 0 aliphatic heterocycles. The molecular formula is C14H21NO2. The second-order valence-corrected chi connectivity index (χ2v) is 5.41. The van der Waals surface area contributed by atoms with Crippen LogP contribution in [-0.4, -0.2) is 11.0 Å². The minimum atomic E-state index is -0.303. The Labute approximate surface area is 103 Å². The molecule has 2 saturated carbocycles. The fraction of sp³-hybridized carbons (Fsp3) is 0.857. The lowest BCUT2D eigenvalue weighted by Gasteiger charge is -2.20. The molecule has 0 aromatic carbocycles. The second-order valence-electron chi connectivity index (χ2n) is 5.41. The van der Waals surface area contributed by atoms with Crippen molar-refractivity contribution in [1.82, 2.24) is 0 Å². The predicted octanol–water partition coefficient (Wildman–Crippen LogP) is 3.41. The van der Waals surface area contributed by atoms with Gasteiger partial charge in [0, 0.05) is 29.6 Å². The molecule has 0 atom stereocenters. The first kappa shape index (κ1) is 12.4. The Morgan fingerprint density at radius 2 is 1.35 bits per heavy atom. The number of rotatable bonds is 1. The summed E-state index contributed by atoms with van der Waals surface area (Å²) < 4.78 is 0. The van der Waals surface area contributed by atoms with Crippen molar-refractivity contribution in [3.63, 3.8) is 0 Å². The van der Waals surface area contributed by atoms with Crippen LogP contribution in [0, 0.1) is 33.8 Å². The molecular weight excluding hydrogens is 214 g/mol. The van der Waals surface area contributed by atoms with Crippen molar-refractivity contribution in [2.24, 2.45) is 11.8 Å². The fourth-order valence-electron chi connectivity index (χ4n) is 2.91. The molecule has 0 aromatic heterocycles. The van der Waals surface area contributed by atoms with E-state index in [0.29, 0.717) is 11.8 Å². The van der Waals surface area contributed by atoms with Gasteiger partial charge in [0.05, 0.1) is 0 Å². The van der Waals surface area contributed by atoms with Crippen LogP contribution < -0.4 is 0 Å². The highest BCUT2D eigenvalue weighted by Crippen LogP contribution is 2.27. The molecule has 3 nitrogen and oxygen atoms in total. The van der Waals surface area contributed by atoms with Crippen LogP contribution in [0.4, 0.5) is 0 Å². The molecule has 0 unspecified atom stereocenters. The maximum absolute atomic E-state index is 10.6. The van der Waals surface area contributed by atoms with Crippen molar-refractivity contribution in [2.75, 3.05) is 0 Å². The highest BCUT2D eigenvalue weighted by Gasteiger charge is 2.27. The van der Waals surface area contributed by atoms with Gasteiger partial charge in [0.1, 0.15) is 0 Å². The summed E-state index contributed by atoms with van der Waals surface area (Å²) in [4.78, 5) is 10.5.